The molecule has 0 radical (unpaired) electrons. The number of nitrogens with zero attached hydrogens (tertiary/aromatic N) is 1. The smallest absolute Gasteiger partial charge is 0.362 e. The van der Waals surface area contributed by atoms with Gasteiger partial charge in [0.25, 0.3) is 0 Å². The molecule has 0 aliphatic heterocycles. The standard InChI is InChI=1S/C52H79NO7/c1-6-8-10-12-14-16-18-20-21-22-23-24-25-26-27-28-29-31-33-35-37-39-41-43-51(55)60-48(46-58-45-44-49(52(56)57)53(3,4)5)47-59-50(54)42-40-38-36-34-32-30-19-17-15-13-11-9-7-2/h8-11,13-17,19-21,23-24,26-27,29-32,35,37,48-49H,6-7,12,18,22,25,28,33-34,36,38-47H2,1-5H3/p+1/b10-8+,11-9+,15-13+,16-14+,19-17+,21-20+,24-23+,27-26+,31-29+,32-30+,37-35+. The summed E-state index contributed by atoms with van der Waals surface area (Å²) in [5.41, 5.74) is 0. The number of hydrogen-bond donors (Lipinski definition) is 1. The molecule has 334 valence electrons. The van der Waals surface area contributed by atoms with Crippen LogP contribution in [-0.4, -0.2) is 80.6 Å². The van der Waals surface area contributed by atoms with E-state index >= 15 is 0 Å². The highest BCUT2D eigenvalue weighted by molar-refractivity contribution is 5.72. The van der Waals surface area contributed by atoms with E-state index in [4.69, 9.17) is 14.2 Å². The fraction of sp³-hybridized carbons (Fsp3) is 0.519. The normalized spacial score (nSPS) is 14.2. The number of rotatable bonds is 37. The molecule has 0 rings (SSSR count). The highest BCUT2D eigenvalue weighted by Gasteiger charge is 2.31. The molecule has 1 N–H and O–H groups in total. The van der Waals surface area contributed by atoms with Gasteiger partial charge in [-0.1, -0.05) is 154 Å². The van der Waals surface area contributed by atoms with Crippen LogP contribution < -0.4 is 0 Å². The van der Waals surface area contributed by atoms with Crippen molar-refractivity contribution in [2.45, 2.75) is 135 Å². The molecule has 0 bridgehead atoms. The van der Waals surface area contributed by atoms with E-state index in [9.17, 15) is 19.5 Å². The van der Waals surface area contributed by atoms with Crippen LogP contribution in [0.2, 0.25) is 0 Å². The monoisotopic (exact) mass is 831 g/mol. The highest BCUT2D eigenvalue weighted by Crippen LogP contribution is 2.11. The molecular formula is C52H80NO7+. The van der Waals surface area contributed by atoms with Gasteiger partial charge in [-0.25, -0.2) is 4.79 Å². The Labute approximate surface area is 364 Å². The topological polar surface area (TPSA) is 99.1 Å². The van der Waals surface area contributed by atoms with Crippen molar-refractivity contribution in [2.24, 2.45) is 0 Å². The molecule has 2 unspecified atom stereocenters. The number of likely N-dealkylation sites (N-methyl/N-ethyl adjacent to an activating group) is 1. The minimum Gasteiger partial charge on any atom is -0.477 e. The van der Waals surface area contributed by atoms with Gasteiger partial charge in [0.15, 0.2) is 12.1 Å². The molecule has 0 saturated carbocycles. The molecule has 0 saturated heterocycles. The number of carbonyl (C=O) groups is 3. The zero-order chi connectivity index (χ0) is 44.2. The maximum atomic E-state index is 12.7. The average molecular weight is 831 g/mol. The number of aliphatic carboxylic acids is 1. The predicted octanol–water partition coefficient (Wildman–Crippen LogP) is 12.4. The van der Waals surface area contributed by atoms with Crippen molar-refractivity contribution in [1.82, 2.24) is 0 Å². The molecule has 8 heteroatoms. The molecule has 0 spiro atoms. The zero-order valence-electron chi connectivity index (χ0n) is 37.8. The molecule has 2 atom stereocenters. The second kappa shape index (κ2) is 41.2. The zero-order valence-corrected chi connectivity index (χ0v) is 37.8. The summed E-state index contributed by atoms with van der Waals surface area (Å²) in [6.07, 6.45) is 59.4. The molecule has 0 aromatic heterocycles. The van der Waals surface area contributed by atoms with Crippen LogP contribution in [-0.2, 0) is 28.6 Å². The van der Waals surface area contributed by atoms with Crippen molar-refractivity contribution in [3.8, 4) is 0 Å². The number of allylic oxidation sites excluding steroid dienone is 22. The van der Waals surface area contributed by atoms with Crippen LogP contribution in [0.25, 0.3) is 0 Å². The Morgan fingerprint density at radius 3 is 1.50 bits per heavy atom. The number of unbranched alkanes of at least 4 members (excludes halogenated alkanes) is 4. The molecule has 0 aromatic carbocycles. The number of ether oxygens (including phenoxy) is 3. The molecule has 0 heterocycles. The van der Waals surface area contributed by atoms with Gasteiger partial charge in [0.1, 0.15) is 6.61 Å². The van der Waals surface area contributed by atoms with E-state index in [-0.39, 0.29) is 49.1 Å². The minimum absolute atomic E-state index is 0.0143. The first-order valence-corrected chi connectivity index (χ1v) is 22.3. The third-order valence-corrected chi connectivity index (χ3v) is 8.89. The van der Waals surface area contributed by atoms with Crippen LogP contribution >= 0.6 is 0 Å². The summed E-state index contributed by atoms with van der Waals surface area (Å²) in [5.74, 6) is -1.62. The summed E-state index contributed by atoms with van der Waals surface area (Å²) < 4.78 is 17.1. The van der Waals surface area contributed by atoms with Gasteiger partial charge < -0.3 is 23.8 Å². The van der Waals surface area contributed by atoms with E-state index in [0.29, 0.717) is 19.3 Å². The largest absolute Gasteiger partial charge is 0.477 e. The van der Waals surface area contributed by atoms with Crippen molar-refractivity contribution in [2.75, 3.05) is 41.0 Å². The van der Waals surface area contributed by atoms with Crippen molar-refractivity contribution in [3.05, 3.63) is 134 Å². The van der Waals surface area contributed by atoms with E-state index < -0.39 is 18.1 Å². The van der Waals surface area contributed by atoms with Gasteiger partial charge in [0.05, 0.1) is 34.4 Å². The summed E-state index contributed by atoms with van der Waals surface area (Å²) in [6.45, 7) is 4.34. The Kier molecular flexibility index (Phi) is 38.1. The summed E-state index contributed by atoms with van der Waals surface area (Å²) in [6, 6.07) is -0.640. The summed E-state index contributed by atoms with van der Waals surface area (Å²) in [4.78, 5) is 36.9. The lowest BCUT2D eigenvalue weighted by Gasteiger charge is -2.31. The van der Waals surface area contributed by atoms with Crippen LogP contribution in [0.1, 0.15) is 123 Å². The number of quaternary nitrogens is 1. The van der Waals surface area contributed by atoms with Crippen molar-refractivity contribution < 1.29 is 38.2 Å². The number of hydrogen-bond acceptors (Lipinski definition) is 6. The maximum Gasteiger partial charge on any atom is 0.362 e. The summed E-state index contributed by atoms with van der Waals surface area (Å²) in [7, 11) is 5.47. The Bertz CT molecular complexity index is 1430. The first kappa shape index (κ1) is 55.5. The van der Waals surface area contributed by atoms with Crippen molar-refractivity contribution in [1.29, 1.82) is 0 Å². The van der Waals surface area contributed by atoms with Crippen LogP contribution in [0.3, 0.4) is 0 Å². The first-order chi connectivity index (χ1) is 29.1. The number of carboxylic acids is 1. The van der Waals surface area contributed by atoms with Crippen LogP contribution in [0.15, 0.2) is 134 Å². The second-order valence-electron chi connectivity index (χ2n) is 15.3. The first-order valence-electron chi connectivity index (χ1n) is 22.3. The Morgan fingerprint density at radius 1 is 0.517 bits per heavy atom. The van der Waals surface area contributed by atoms with Gasteiger partial charge >= 0.3 is 17.9 Å². The van der Waals surface area contributed by atoms with E-state index in [0.717, 1.165) is 77.0 Å². The average Bonchev–Trinajstić information content (AvgIpc) is 3.21. The molecular weight excluding hydrogens is 751 g/mol. The van der Waals surface area contributed by atoms with Crippen molar-refractivity contribution >= 4 is 17.9 Å². The molecule has 0 fully saturated rings. The lowest BCUT2D eigenvalue weighted by atomic mass is 10.1. The van der Waals surface area contributed by atoms with Crippen LogP contribution in [0.4, 0.5) is 0 Å². The van der Waals surface area contributed by atoms with Gasteiger partial charge in [-0.05, 0) is 83.5 Å². The maximum absolute atomic E-state index is 12.7. The SMILES string of the molecule is CC/C=C/C=C/C=C/C=C/CCCCCC(=O)OCC(COCCC(C(=O)O)[N+](C)(C)C)OC(=O)CCC/C=C/C/C=C/C/C=C/C/C=C/C/C=C/C/C=C/C/C=C/CC. The van der Waals surface area contributed by atoms with Crippen LogP contribution in [0.5, 0.6) is 0 Å². The lowest BCUT2D eigenvalue weighted by molar-refractivity contribution is -0.887. The van der Waals surface area contributed by atoms with Gasteiger partial charge in [0, 0.05) is 19.3 Å². The number of carboxylic acid groups (broad SMARTS) is 1. The lowest BCUT2D eigenvalue weighted by Crippen LogP contribution is -2.50. The number of carbonyl (C=O) groups excluding carboxylic acids is 2. The van der Waals surface area contributed by atoms with Gasteiger partial charge in [-0.15, -0.1) is 0 Å². The van der Waals surface area contributed by atoms with Gasteiger partial charge in [-0.3, -0.25) is 9.59 Å². The van der Waals surface area contributed by atoms with Gasteiger partial charge in [-0.2, -0.15) is 0 Å². The summed E-state index contributed by atoms with van der Waals surface area (Å²) in [5, 5.41) is 9.62. The van der Waals surface area contributed by atoms with E-state index in [1.54, 1.807) is 0 Å². The van der Waals surface area contributed by atoms with Crippen molar-refractivity contribution in [3.63, 3.8) is 0 Å². The predicted molar refractivity (Wildman–Crippen MR) is 251 cm³/mol. The second-order valence-corrected chi connectivity index (χ2v) is 15.3. The molecule has 0 amide bonds. The Balaban J connectivity index is 4.52. The van der Waals surface area contributed by atoms with E-state index in [1.807, 2.05) is 57.6 Å². The minimum atomic E-state index is -0.897. The fourth-order valence-electron chi connectivity index (χ4n) is 5.50. The fourth-order valence-corrected chi connectivity index (χ4v) is 5.50. The van der Waals surface area contributed by atoms with E-state index in [1.165, 1.54) is 0 Å². The highest BCUT2D eigenvalue weighted by atomic mass is 16.6. The summed E-state index contributed by atoms with van der Waals surface area (Å²) >= 11 is 0. The quantitative estimate of drug-likeness (QED) is 0.0219. The van der Waals surface area contributed by atoms with Gasteiger partial charge in [0.2, 0.25) is 0 Å². The number of esters is 2. The van der Waals surface area contributed by atoms with E-state index in [2.05, 4.69) is 111 Å². The molecule has 0 aromatic rings. The molecule has 0 aliphatic rings. The Hall–Kier alpha value is -4.53. The van der Waals surface area contributed by atoms with Crippen LogP contribution in [0, 0.1) is 0 Å². The Morgan fingerprint density at radius 2 is 0.983 bits per heavy atom. The molecule has 0 aliphatic carbocycles. The molecule has 60 heavy (non-hydrogen) atoms. The molecule has 8 nitrogen and oxygen atoms in total. The third kappa shape index (κ3) is 39.0. The third-order valence-electron chi connectivity index (χ3n) is 8.89.